The van der Waals surface area contributed by atoms with Crippen LogP contribution in [0.25, 0.3) is 0 Å². The lowest BCUT2D eigenvalue weighted by molar-refractivity contribution is -0.127. The Morgan fingerprint density at radius 1 is 1.54 bits per heavy atom. The van der Waals surface area contributed by atoms with Gasteiger partial charge < -0.3 is 19.2 Å². The van der Waals surface area contributed by atoms with Crippen LogP contribution in [0.2, 0.25) is 0 Å². The Kier molecular flexibility index (Phi) is 4.56. The van der Waals surface area contributed by atoms with Gasteiger partial charge in [0, 0.05) is 25.9 Å². The van der Waals surface area contributed by atoms with E-state index in [1.807, 2.05) is 0 Å². The summed E-state index contributed by atoms with van der Waals surface area (Å²) in [5.41, 5.74) is 0. The SMILES string of the molecule is CC=C(OP(O)(O)=S)C(=O)N(C)C. The van der Waals surface area contributed by atoms with Gasteiger partial charge in [-0.05, 0) is 13.0 Å². The molecule has 1 amide bonds. The molecular weight excluding hydrogens is 213 g/mol. The molecule has 0 rings (SSSR count). The predicted octanol–water partition coefficient (Wildman–Crippen LogP) is 0.204. The van der Waals surface area contributed by atoms with Gasteiger partial charge in [0.25, 0.3) is 5.91 Å². The van der Waals surface area contributed by atoms with Gasteiger partial charge in [0.05, 0.1) is 0 Å². The van der Waals surface area contributed by atoms with Crippen LogP contribution in [0.15, 0.2) is 11.8 Å². The third-order valence-corrected chi connectivity index (χ3v) is 1.75. The first-order valence-electron chi connectivity index (χ1n) is 3.41. The second-order valence-corrected chi connectivity index (χ2v) is 5.03. The molecule has 0 saturated carbocycles. The number of likely N-dealkylation sites (N-methyl/N-ethyl adjacent to an activating group) is 1. The lowest BCUT2D eigenvalue weighted by atomic mass is 10.4. The summed E-state index contributed by atoms with van der Waals surface area (Å²) in [6, 6.07) is 0. The van der Waals surface area contributed by atoms with Crippen LogP contribution in [-0.2, 0) is 21.1 Å². The molecule has 0 atom stereocenters. The Hall–Kier alpha value is -0.420. The van der Waals surface area contributed by atoms with Gasteiger partial charge in [0.1, 0.15) is 0 Å². The van der Waals surface area contributed by atoms with Crippen molar-refractivity contribution in [3.05, 3.63) is 11.8 Å². The molecular formula is C6H12NO4PS. The van der Waals surface area contributed by atoms with Gasteiger partial charge in [0.2, 0.25) is 0 Å². The minimum Gasteiger partial charge on any atom is -0.419 e. The first kappa shape index (κ1) is 12.6. The van der Waals surface area contributed by atoms with Gasteiger partial charge in [-0.25, -0.2) is 0 Å². The van der Waals surface area contributed by atoms with Crippen molar-refractivity contribution < 1.29 is 19.1 Å². The van der Waals surface area contributed by atoms with E-state index in [9.17, 15) is 4.79 Å². The van der Waals surface area contributed by atoms with Crippen molar-refractivity contribution in [1.82, 2.24) is 4.90 Å². The minimum absolute atomic E-state index is 0.154. The molecule has 0 bridgehead atoms. The maximum absolute atomic E-state index is 11.2. The highest BCUT2D eigenvalue weighted by Gasteiger charge is 2.19. The summed E-state index contributed by atoms with van der Waals surface area (Å²) in [7, 11) is 3.04. The monoisotopic (exact) mass is 225 g/mol. The van der Waals surface area contributed by atoms with Crippen LogP contribution in [-0.4, -0.2) is 34.7 Å². The predicted molar refractivity (Wildman–Crippen MR) is 52.3 cm³/mol. The Morgan fingerprint density at radius 2 is 2.00 bits per heavy atom. The van der Waals surface area contributed by atoms with Crippen LogP contribution >= 0.6 is 6.72 Å². The molecule has 13 heavy (non-hydrogen) atoms. The van der Waals surface area contributed by atoms with E-state index >= 15 is 0 Å². The van der Waals surface area contributed by atoms with E-state index in [1.165, 1.54) is 25.1 Å². The van der Waals surface area contributed by atoms with Crippen molar-refractivity contribution in [3.63, 3.8) is 0 Å². The molecule has 0 aliphatic rings. The van der Waals surface area contributed by atoms with Crippen molar-refractivity contribution in [2.75, 3.05) is 14.1 Å². The van der Waals surface area contributed by atoms with Crippen LogP contribution in [0.1, 0.15) is 6.92 Å². The Bertz CT molecular complexity index is 270. The van der Waals surface area contributed by atoms with Crippen molar-refractivity contribution in [1.29, 1.82) is 0 Å². The largest absolute Gasteiger partial charge is 0.419 e. The van der Waals surface area contributed by atoms with Crippen LogP contribution in [0.5, 0.6) is 0 Å². The van der Waals surface area contributed by atoms with Gasteiger partial charge >= 0.3 is 6.72 Å². The molecule has 0 aromatic carbocycles. The summed E-state index contributed by atoms with van der Waals surface area (Å²) < 4.78 is 4.52. The molecule has 0 fully saturated rings. The molecule has 2 N–H and O–H groups in total. The van der Waals surface area contributed by atoms with E-state index in [2.05, 4.69) is 16.3 Å². The number of carbonyl (C=O) groups excluding carboxylic acids is 1. The van der Waals surface area contributed by atoms with Gasteiger partial charge in [-0.3, -0.25) is 4.79 Å². The Morgan fingerprint density at radius 3 is 2.23 bits per heavy atom. The molecule has 0 aromatic rings. The summed E-state index contributed by atoms with van der Waals surface area (Å²) in [5.74, 6) is -0.613. The van der Waals surface area contributed by atoms with Gasteiger partial charge in [0.15, 0.2) is 5.76 Å². The van der Waals surface area contributed by atoms with E-state index in [0.717, 1.165) is 0 Å². The average Bonchev–Trinajstić information content (AvgIpc) is 1.97. The Balaban J connectivity index is 4.58. The number of amides is 1. The molecule has 0 saturated heterocycles. The van der Waals surface area contributed by atoms with E-state index in [4.69, 9.17) is 9.79 Å². The minimum atomic E-state index is -3.81. The highest BCUT2D eigenvalue weighted by molar-refractivity contribution is 8.06. The number of hydrogen-bond donors (Lipinski definition) is 2. The zero-order valence-electron chi connectivity index (χ0n) is 7.59. The first-order valence-corrected chi connectivity index (χ1v) is 6.03. The van der Waals surface area contributed by atoms with Gasteiger partial charge in [-0.15, -0.1) is 0 Å². The first-order chi connectivity index (χ1) is 5.78. The molecule has 0 aromatic heterocycles. The van der Waals surface area contributed by atoms with E-state index in [1.54, 1.807) is 6.92 Å². The number of allylic oxidation sites excluding steroid dienone is 1. The number of nitrogens with zero attached hydrogens (tertiary/aromatic N) is 1. The quantitative estimate of drug-likeness (QED) is 0.408. The molecule has 76 valence electrons. The second kappa shape index (κ2) is 4.72. The highest BCUT2D eigenvalue weighted by Crippen LogP contribution is 2.39. The number of hydrogen-bond acceptors (Lipinski definition) is 3. The fourth-order valence-corrected chi connectivity index (χ4v) is 1.24. The third kappa shape index (κ3) is 5.00. The summed E-state index contributed by atoms with van der Waals surface area (Å²) >= 11 is 4.22. The molecule has 0 aliphatic carbocycles. The number of carbonyl (C=O) groups is 1. The maximum Gasteiger partial charge on any atom is 0.375 e. The second-order valence-electron chi connectivity index (χ2n) is 2.43. The van der Waals surface area contributed by atoms with E-state index in [-0.39, 0.29) is 5.76 Å². The highest BCUT2D eigenvalue weighted by atomic mass is 32.5. The Labute approximate surface area is 81.9 Å². The summed E-state index contributed by atoms with van der Waals surface area (Å²) in [6.45, 7) is -2.27. The van der Waals surface area contributed by atoms with Crippen LogP contribution in [0.3, 0.4) is 0 Å². The van der Waals surface area contributed by atoms with Crippen molar-refractivity contribution in [2.45, 2.75) is 6.92 Å². The molecule has 5 nitrogen and oxygen atoms in total. The average molecular weight is 225 g/mol. The topological polar surface area (TPSA) is 70.0 Å². The maximum atomic E-state index is 11.2. The van der Waals surface area contributed by atoms with Crippen LogP contribution in [0.4, 0.5) is 0 Å². The molecule has 0 radical (unpaired) electrons. The third-order valence-electron chi connectivity index (χ3n) is 1.10. The van der Waals surface area contributed by atoms with Crippen molar-refractivity contribution in [3.8, 4) is 0 Å². The molecule has 0 heterocycles. The normalized spacial score (nSPS) is 12.5. The summed E-state index contributed by atoms with van der Waals surface area (Å²) in [5, 5.41) is 0. The summed E-state index contributed by atoms with van der Waals surface area (Å²) in [6.07, 6.45) is 1.33. The fraction of sp³-hybridized carbons (Fsp3) is 0.500. The lowest BCUT2D eigenvalue weighted by Gasteiger charge is -2.15. The molecule has 0 spiro atoms. The molecule has 7 heteroatoms. The lowest BCUT2D eigenvalue weighted by Crippen LogP contribution is -2.24. The summed E-state index contributed by atoms with van der Waals surface area (Å²) in [4.78, 5) is 30.1. The zero-order chi connectivity index (χ0) is 10.6. The number of rotatable bonds is 3. The van der Waals surface area contributed by atoms with Gasteiger partial charge in [-0.2, -0.15) is 0 Å². The standard InChI is InChI=1S/C6H12NO4PS/c1-4-5(6(8)7(2)3)11-12(9,10)13/h4H,1-3H3,(H2,9,10,13). The van der Waals surface area contributed by atoms with Crippen molar-refractivity contribution >= 4 is 24.4 Å². The van der Waals surface area contributed by atoms with E-state index < -0.39 is 12.6 Å². The van der Waals surface area contributed by atoms with Gasteiger partial charge in [-0.1, -0.05) is 0 Å². The smallest absolute Gasteiger partial charge is 0.375 e. The zero-order valence-corrected chi connectivity index (χ0v) is 9.30. The fourth-order valence-electron chi connectivity index (χ4n) is 0.564. The molecule has 0 aliphatic heterocycles. The van der Waals surface area contributed by atoms with E-state index in [0.29, 0.717) is 0 Å². The van der Waals surface area contributed by atoms with Crippen LogP contribution in [0, 0.1) is 0 Å². The van der Waals surface area contributed by atoms with Crippen LogP contribution < -0.4 is 0 Å². The van der Waals surface area contributed by atoms with Crippen molar-refractivity contribution in [2.24, 2.45) is 0 Å². The molecule has 0 unspecified atom stereocenters.